The van der Waals surface area contributed by atoms with Gasteiger partial charge in [0.15, 0.2) is 5.92 Å². The summed E-state index contributed by atoms with van der Waals surface area (Å²) < 4.78 is 45.5. The molecule has 1 N–H and O–H groups in total. The molecule has 0 spiro atoms. The minimum Gasteiger partial charge on any atom is -0.468 e. The van der Waals surface area contributed by atoms with Gasteiger partial charge in [-0.1, -0.05) is 13.8 Å². The van der Waals surface area contributed by atoms with E-state index in [9.17, 15) is 27.6 Å². The SMILES string of the molecule is COC(=O)C(C(=O)OC)C(NC(=O)C(F)(F)F)C(C)C. The van der Waals surface area contributed by atoms with Crippen LogP contribution in [0, 0.1) is 11.8 Å². The van der Waals surface area contributed by atoms with Crippen molar-refractivity contribution in [3.8, 4) is 0 Å². The standard InChI is InChI=1S/C11H16F3NO5/c1-5(2)7(15-10(18)11(12,13)14)6(8(16)19-3)9(17)20-4/h5-7H,1-4H3,(H,15,18). The average Bonchev–Trinajstić information content (AvgIpc) is 2.35. The Kier molecular flexibility index (Phi) is 6.47. The van der Waals surface area contributed by atoms with Gasteiger partial charge in [0, 0.05) is 0 Å². The van der Waals surface area contributed by atoms with Crippen molar-refractivity contribution in [1.29, 1.82) is 0 Å². The number of esters is 2. The van der Waals surface area contributed by atoms with Crippen molar-refractivity contribution in [2.45, 2.75) is 26.1 Å². The van der Waals surface area contributed by atoms with E-state index in [0.29, 0.717) is 0 Å². The number of rotatable bonds is 5. The second kappa shape index (κ2) is 7.11. The van der Waals surface area contributed by atoms with Gasteiger partial charge in [0.1, 0.15) is 0 Å². The van der Waals surface area contributed by atoms with Crippen molar-refractivity contribution in [2.24, 2.45) is 11.8 Å². The highest BCUT2D eigenvalue weighted by Crippen LogP contribution is 2.20. The van der Waals surface area contributed by atoms with Crippen LogP contribution in [-0.4, -0.2) is 44.3 Å². The fourth-order valence-electron chi connectivity index (χ4n) is 1.51. The molecule has 1 atom stereocenters. The predicted molar refractivity (Wildman–Crippen MR) is 60.3 cm³/mol. The molecule has 9 heteroatoms. The van der Waals surface area contributed by atoms with Crippen LogP contribution in [0.4, 0.5) is 13.2 Å². The summed E-state index contributed by atoms with van der Waals surface area (Å²) in [5.41, 5.74) is 0. The first kappa shape index (κ1) is 18.2. The van der Waals surface area contributed by atoms with Crippen LogP contribution in [0.15, 0.2) is 0 Å². The zero-order valence-corrected chi connectivity index (χ0v) is 11.4. The molecule has 0 saturated heterocycles. The Bertz CT molecular complexity index is 365. The van der Waals surface area contributed by atoms with Gasteiger partial charge in [0.25, 0.3) is 0 Å². The number of amides is 1. The number of carbonyl (C=O) groups excluding carboxylic acids is 3. The molecule has 0 bridgehead atoms. The van der Waals surface area contributed by atoms with E-state index in [2.05, 4.69) is 9.47 Å². The topological polar surface area (TPSA) is 81.7 Å². The molecule has 1 amide bonds. The maximum atomic E-state index is 12.3. The highest BCUT2D eigenvalue weighted by Gasteiger charge is 2.45. The summed E-state index contributed by atoms with van der Waals surface area (Å²) in [5.74, 6) is -6.72. The summed E-state index contributed by atoms with van der Waals surface area (Å²) in [6.07, 6.45) is -5.12. The van der Waals surface area contributed by atoms with E-state index < -0.39 is 41.9 Å². The van der Waals surface area contributed by atoms with Crippen molar-refractivity contribution in [1.82, 2.24) is 5.32 Å². The molecule has 0 aliphatic carbocycles. The summed E-state index contributed by atoms with van der Waals surface area (Å²) in [5, 5.41) is 1.62. The molecule has 0 aromatic rings. The minimum atomic E-state index is -5.12. The Balaban J connectivity index is 5.35. The summed E-state index contributed by atoms with van der Waals surface area (Å²) in [6, 6.07) is -1.40. The minimum absolute atomic E-state index is 0.635. The third-order valence-corrected chi connectivity index (χ3v) is 2.54. The number of nitrogens with one attached hydrogen (secondary N) is 1. The van der Waals surface area contributed by atoms with Crippen molar-refractivity contribution >= 4 is 17.8 Å². The molecule has 0 heterocycles. The van der Waals surface area contributed by atoms with Crippen LogP contribution in [0.2, 0.25) is 0 Å². The Morgan fingerprint density at radius 2 is 1.40 bits per heavy atom. The Hall–Kier alpha value is -1.80. The monoisotopic (exact) mass is 299 g/mol. The first-order chi connectivity index (χ1) is 9.06. The number of halogens is 3. The molecule has 116 valence electrons. The first-order valence-corrected chi connectivity index (χ1v) is 5.59. The van der Waals surface area contributed by atoms with Crippen LogP contribution < -0.4 is 5.32 Å². The zero-order valence-electron chi connectivity index (χ0n) is 11.4. The van der Waals surface area contributed by atoms with Gasteiger partial charge in [-0.3, -0.25) is 14.4 Å². The highest BCUT2D eigenvalue weighted by atomic mass is 19.4. The highest BCUT2D eigenvalue weighted by molar-refractivity contribution is 5.96. The lowest BCUT2D eigenvalue weighted by Crippen LogP contribution is -2.53. The van der Waals surface area contributed by atoms with E-state index >= 15 is 0 Å². The quantitative estimate of drug-likeness (QED) is 0.595. The van der Waals surface area contributed by atoms with Crippen molar-refractivity contribution in [3.05, 3.63) is 0 Å². The van der Waals surface area contributed by atoms with Crippen LogP contribution in [0.1, 0.15) is 13.8 Å². The lowest BCUT2D eigenvalue weighted by Gasteiger charge is -2.27. The van der Waals surface area contributed by atoms with Crippen molar-refractivity contribution in [2.75, 3.05) is 14.2 Å². The van der Waals surface area contributed by atoms with Gasteiger partial charge in [-0.2, -0.15) is 13.2 Å². The van der Waals surface area contributed by atoms with Crippen LogP contribution in [0.3, 0.4) is 0 Å². The van der Waals surface area contributed by atoms with Gasteiger partial charge in [-0.15, -0.1) is 0 Å². The summed E-state index contributed by atoms with van der Waals surface area (Å²) in [7, 11) is 1.95. The molecule has 0 aromatic heterocycles. The number of hydrogen-bond acceptors (Lipinski definition) is 5. The lowest BCUT2D eigenvalue weighted by molar-refractivity contribution is -0.176. The Morgan fingerprint density at radius 1 is 1.00 bits per heavy atom. The van der Waals surface area contributed by atoms with Crippen molar-refractivity contribution < 1.29 is 37.0 Å². The largest absolute Gasteiger partial charge is 0.471 e. The van der Waals surface area contributed by atoms with E-state index in [1.807, 2.05) is 0 Å². The number of carbonyl (C=O) groups is 3. The predicted octanol–water partition coefficient (Wildman–Crippen LogP) is 0.652. The third kappa shape index (κ3) is 4.71. The van der Waals surface area contributed by atoms with E-state index in [1.165, 1.54) is 13.8 Å². The molecule has 0 saturated carbocycles. The van der Waals surface area contributed by atoms with E-state index in [1.54, 1.807) is 5.32 Å². The van der Waals surface area contributed by atoms with E-state index in [4.69, 9.17) is 0 Å². The molecule has 20 heavy (non-hydrogen) atoms. The molecule has 0 aromatic carbocycles. The fourth-order valence-corrected chi connectivity index (χ4v) is 1.51. The summed E-state index contributed by atoms with van der Waals surface area (Å²) >= 11 is 0. The number of hydrogen-bond donors (Lipinski definition) is 1. The van der Waals surface area contributed by atoms with Gasteiger partial charge in [-0.25, -0.2) is 0 Å². The maximum absolute atomic E-state index is 12.3. The third-order valence-electron chi connectivity index (χ3n) is 2.54. The van der Waals surface area contributed by atoms with E-state index in [0.717, 1.165) is 14.2 Å². The zero-order chi connectivity index (χ0) is 16.1. The second-order valence-corrected chi connectivity index (χ2v) is 4.27. The molecule has 6 nitrogen and oxygen atoms in total. The van der Waals surface area contributed by atoms with Gasteiger partial charge < -0.3 is 14.8 Å². The van der Waals surface area contributed by atoms with Crippen LogP contribution in [0.5, 0.6) is 0 Å². The number of alkyl halides is 3. The Labute approximate surface area is 113 Å². The van der Waals surface area contributed by atoms with Gasteiger partial charge in [0.05, 0.1) is 20.3 Å². The molecule has 0 aliphatic rings. The maximum Gasteiger partial charge on any atom is 0.471 e. The molecular formula is C11H16F3NO5. The van der Waals surface area contributed by atoms with Gasteiger partial charge in [0.2, 0.25) is 0 Å². The van der Waals surface area contributed by atoms with Crippen LogP contribution >= 0.6 is 0 Å². The van der Waals surface area contributed by atoms with Gasteiger partial charge in [-0.05, 0) is 5.92 Å². The fraction of sp³-hybridized carbons (Fsp3) is 0.727. The van der Waals surface area contributed by atoms with E-state index in [-0.39, 0.29) is 0 Å². The molecule has 0 rings (SSSR count). The molecular weight excluding hydrogens is 283 g/mol. The van der Waals surface area contributed by atoms with Crippen LogP contribution in [-0.2, 0) is 23.9 Å². The summed E-state index contributed by atoms with van der Waals surface area (Å²) in [4.78, 5) is 34.0. The van der Waals surface area contributed by atoms with Crippen LogP contribution in [0.25, 0.3) is 0 Å². The molecule has 1 unspecified atom stereocenters. The second-order valence-electron chi connectivity index (χ2n) is 4.27. The summed E-state index contributed by atoms with van der Waals surface area (Å²) in [6.45, 7) is 2.89. The smallest absolute Gasteiger partial charge is 0.468 e. The lowest BCUT2D eigenvalue weighted by atomic mass is 9.90. The molecule has 0 radical (unpaired) electrons. The number of ether oxygens (including phenoxy) is 2. The molecule has 0 fully saturated rings. The van der Waals surface area contributed by atoms with Gasteiger partial charge >= 0.3 is 24.0 Å². The average molecular weight is 299 g/mol. The molecule has 0 aliphatic heterocycles. The van der Waals surface area contributed by atoms with Crippen molar-refractivity contribution in [3.63, 3.8) is 0 Å². The number of methoxy groups -OCH3 is 2. The Morgan fingerprint density at radius 3 is 1.65 bits per heavy atom. The normalized spacial score (nSPS) is 13.1. The first-order valence-electron chi connectivity index (χ1n) is 5.59.